The molecule has 170 valence electrons. The minimum Gasteiger partial charge on any atom is -0.442 e. The summed E-state index contributed by atoms with van der Waals surface area (Å²) in [4.78, 5) is 40.6. The number of carbonyl (C=O) groups is 3. The molecule has 0 bridgehead atoms. The Morgan fingerprint density at radius 3 is 2.64 bits per heavy atom. The zero-order valence-electron chi connectivity index (χ0n) is 17.6. The monoisotopic (exact) mass is 453 g/mol. The Kier molecular flexibility index (Phi) is 6.29. The van der Waals surface area contributed by atoms with Crippen LogP contribution in [0.25, 0.3) is 11.1 Å². The largest absolute Gasteiger partial charge is 0.442 e. The van der Waals surface area contributed by atoms with E-state index in [1.54, 1.807) is 36.4 Å². The maximum absolute atomic E-state index is 14.9. The average molecular weight is 453 g/mol. The highest BCUT2D eigenvalue weighted by Gasteiger charge is 2.32. The van der Waals surface area contributed by atoms with Crippen molar-refractivity contribution in [1.29, 1.82) is 0 Å². The molecule has 1 aliphatic heterocycles. The van der Waals surface area contributed by atoms with Crippen LogP contribution in [0.1, 0.15) is 23.1 Å². The lowest BCUT2D eigenvalue weighted by Crippen LogP contribution is -2.33. The van der Waals surface area contributed by atoms with Gasteiger partial charge < -0.3 is 19.9 Å². The Labute approximate surface area is 187 Å². The van der Waals surface area contributed by atoms with E-state index in [-0.39, 0.29) is 31.4 Å². The number of amides is 3. The van der Waals surface area contributed by atoms with Crippen LogP contribution in [0.5, 0.6) is 0 Å². The molecule has 1 aromatic heterocycles. The fourth-order valence-electron chi connectivity index (χ4n) is 3.34. The maximum Gasteiger partial charge on any atom is 0.414 e. The van der Waals surface area contributed by atoms with Crippen molar-refractivity contribution in [3.8, 4) is 11.1 Å². The second kappa shape index (κ2) is 9.47. The lowest BCUT2D eigenvalue weighted by molar-refractivity contribution is -0.119. The number of rotatable bonds is 7. The lowest BCUT2D eigenvalue weighted by atomic mass is 10.0. The van der Waals surface area contributed by atoms with Gasteiger partial charge in [0.25, 0.3) is 5.91 Å². The first-order valence-corrected chi connectivity index (χ1v) is 10.1. The fourth-order valence-corrected chi connectivity index (χ4v) is 3.34. The van der Waals surface area contributed by atoms with Gasteiger partial charge in [0, 0.05) is 18.1 Å². The third kappa shape index (κ3) is 5.14. The van der Waals surface area contributed by atoms with Gasteiger partial charge in [0.05, 0.1) is 25.3 Å². The van der Waals surface area contributed by atoms with Crippen LogP contribution >= 0.6 is 0 Å². The van der Waals surface area contributed by atoms with Crippen LogP contribution in [-0.2, 0) is 16.1 Å². The summed E-state index contributed by atoms with van der Waals surface area (Å²) in [5, 5.41) is 8.87. The number of hydrogen-bond donors (Lipinski definition) is 2. The number of hydrogen-bond acceptors (Lipinski definition) is 7. The third-order valence-corrected chi connectivity index (χ3v) is 4.99. The number of aromatic nitrogens is 2. The molecule has 4 rings (SSSR count). The predicted octanol–water partition coefficient (Wildman–Crippen LogP) is 2.27. The summed E-state index contributed by atoms with van der Waals surface area (Å²) in [6.07, 6.45) is 0.0593. The van der Waals surface area contributed by atoms with Crippen LogP contribution in [0.3, 0.4) is 0 Å². The van der Waals surface area contributed by atoms with Crippen molar-refractivity contribution in [2.75, 3.05) is 18.0 Å². The highest BCUT2D eigenvalue weighted by Crippen LogP contribution is 2.29. The first-order valence-electron chi connectivity index (χ1n) is 10.1. The molecule has 33 heavy (non-hydrogen) atoms. The summed E-state index contributed by atoms with van der Waals surface area (Å²) in [5.41, 5.74) is 1.63. The van der Waals surface area contributed by atoms with E-state index in [2.05, 4.69) is 25.3 Å². The summed E-state index contributed by atoms with van der Waals surface area (Å²) < 4.78 is 24.7. The topological polar surface area (TPSA) is 127 Å². The van der Waals surface area contributed by atoms with Gasteiger partial charge in [0.2, 0.25) is 12.3 Å². The minimum absolute atomic E-state index is 0.123. The number of benzene rings is 2. The summed E-state index contributed by atoms with van der Waals surface area (Å²) in [6, 6.07) is 10.9. The molecule has 1 atom stereocenters. The molecule has 0 unspecified atom stereocenters. The van der Waals surface area contributed by atoms with Crippen molar-refractivity contribution < 1.29 is 28.0 Å². The molecule has 1 saturated heterocycles. The zero-order valence-corrected chi connectivity index (χ0v) is 17.6. The van der Waals surface area contributed by atoms with Gasteiger partial charge in [-0.15, -0.1) is 0 Å². The van der Waals surface area contributed by atoms with Gasteiger partial charge in [-0.2, -0.15) is 4.98 Å². The molecule has 2 N–H and O–H groups in total. The van der Waals surface area contributed by atoms with Crippen molar-refractivity contribution in [3.63, 3.8) is 0 Å². The molecule has 0 aliphatic carbocycles. The minimum atomic E-state index is -0.603. The Bertz CT molecular complexity index is 1170. The first kappa shape index (κ1) is 21.9. The second-order valence-electron chi connectivity index (χ2n) is 7.33. The molecule has 2 heterocycles. The van der Waals surface area contributed by atoms with Gasteiger partial charge in [0.15, 0.2) is 5.82 Å². The van der Waals surface area contributed by atoms with Gasteiger partial charge in [-0.25, -0.2) is 9.18 Å². The highest BCUT2D eigenvalue weighted by molar-refractivity contribution is 5.94. The normalized spacial score (nSPS) is 15.3. The second-order valence-corrected chi connectivity index (χ2v) is 7.33. The smallest absolute Gasteiger partial charge is 0.414 e. The average Bonchev–Trinajstić information content (AvgIpc) is 3.45. The van der Waals surface area contributed by atoms with Crippen molar-refractivity contribution in [2.45, 2.75) is 19.6 Å². The standard InChI is InChI=1S/C22H20FN5O5/c1-13(29)24-9-17-11-28(22(31)33-17)16-6-7-18(19(23)8-16)14-2-4-15(5-3-14)21(30)25-10-20-26-12-32-27-20/h2-8,12,17H,9-11H2,1H3,(H,24,29)(H,25,30)/t17-/m0/s1. The van der Waals surface area contributed by atoms with Gasteiger partial charge >= 0.3 is 6.09 Å². The maximum atomic E-state index is 14.9. The van der Waals surface area contributed by atoms with E-state index in [1.165, 1.54) is 24.3 Å². The molecule has 2 aromatic carbocycles. The van der Waals surface area contributed by atoms with Crippen molar-refractivity contribution in [1.82, 2.24) is 20.8 Å². The van der Waals surface area contributed by atoms with E-state index < -0.39 is 18.0 Å². The number of carbonyl (C=O) groups excluding carboxylic acids is 3. The summed E-state index contributed by atoms with van der Waals surface area (Å²) >= 11 is 0. The van der Waals surface area contributed by atoms with Crippen LogP contribution in [0.2, 0.25) is 0 Å². The number of cyclic esters (lactones) is 1. The third-order valence-electron chi connectivity index (χ3n) is 4.99. The molecule has 0 radical (unpaired) electrons. The van der Waals surface area contributed by atoms with Gasteiger partial charge in [-0.3, -0.25) is 14.5 Å². The lowest BCUT2D eigenvalue weighted by Gasteiger charge is -2.14. The van der Waals surface area contributed by atoms with E-state index in [0.717, 1.165) is 0 Å². The van der Waals surface area contributed by atoms with Crippen molar-refractivity contribution in [3.05, 3.63) is 66.1 Å². The van der Waals surface area contributed by atoms with Crippen LogP contribution < -0.4 is 15.5 Å². The van der Waals surface area contributed by atoms with E-state index in [1.807, 2.05) is 0 Å². The molecule has 0 spiro atoms. The van der Waals surface area contributed by atoms with Gasteiger partial charge in [0.1, 0.15) is 11.9 Å². The first-order chi connectivity index (χ1) is 15.9. The Morgan fingerprint density at radius 2 is 1.97 bits per heavy atom. The highest BCUT2D eigenvalue weighted by atomic mass is 19.1. The van der Waals surface area contributed by atoms with Crippen molar-refractivity contribution >= 4 is 23.6 Å². The molecule has 3 amide bonds. The van der Waals surface area contributed by atoms with E-state index in [4.69, 9.17) is 4.74 Å². The molecule has 3 aromatic rings. The number of nitrogens with one attached hydrogen (secondary N) is 2. The fraction of sp³-hybridized carbons (Fsp3) is 0.227. The molecular formula is C22H20FN5O5. The SMILES string of the molecule is CC(=O)NC[C@H]1CN(c2ccc(-c3ccc(C(=O)NCc4ncon4)cc3)c(F)c2)C(=O)O1. The zero-order chi connectivity index (χ0) is 23.4. The van der Waals surface area contributed by atoms with Gasteiger partial charge in [-0.1, -0.05) is 17.3 Å². The van der Waals surface area contributed by atoms with E-state index >= 15 is 0 Å². The Morgan fingerprint density at radius 1 is 1.18 bits per heavy atom. The van der Waals surface area contributed by atoms with Gasteiger partial charge in [-0.05, 0) is 35.9 Å². The Balaban J connectivity index is 1.42. The van der Waals surface area contributed by atoms with Crippen LogP contribution in [0.15, 0.2) is 53.4 Å². The van der Waals surface area contributed by atoms with Crippen molar-refractivity contribution in [2.24, 2.45) is 0 Å². The molecule has 1 aliphatic rings. The molecule has 10 nitrogen and oxygen atoms in total. The van der Waals surface area contributed by atoms with E-state index in [0.29, 0.717) is 28.2 Å². The molecule has 1 fully saturated rings. The van der Waals surface area contributed by atoms with E-state index in [9.17, 15) is 18.8 Å². The number of anilines is 1. The summed E-state index contributed by atoms with van der Waals surface area (Å²) in [7, 11) is 0. The van der Waals surface area contributed by atoms with Crippen LogP contribution in [0.4, 0.5) is 14.9 Å². The predicted molar refractivity (Wildman–Crippen MR) is 114 cm³/mol. The number of ether oxygens (including phenoxy) is 1. The van der Waals surface area contributed by atoms with Crippen LogP contribution in [-0.4, -0.2) is 47.2 Å². The van der Waals surface area contributed by atoms with Crippen LogP contribution in [0, 0.1) is 5.82 Å². The summed E-state index contributed by atoms with van der Waals surface area (Å²) in [5.74, 6) is -0.732. The number of halogens is 1. The number of nitrogens with zero attached hydrogens (tertiary/aromatic N) is 3. The Hall–Kier alpha value is -4.28. The molecule has 0 saturated carbocycles. The molecule has 11 heteroatoms. The molecular weight excluding hydrogens is 433 g/mol. The summed E-state index contributed by atoms with van der Waals surface area (Å²) in [6.45, 7) is 1.88. The quantitative estimate of drug-likeness (QED) is 0.562.